The number of hydrogen-bond acceptors (Lipinski definition) is 2. The van der Waals surface area contributed by atoms with Crippen molar-refractivity contribution in [3.8, 4) is 0 Å². The molecule has 2 aliphatic heterocycles. The Hall–Kier alpha value is -3.58. The van der Waals surface area contributed by atoms with Gasteiger partial charge in [-0.25, -0.2) is 13.2 Å². The van der Waals surface area contributed by atoms with Gasteiger partial charge in [-0.2, -0.15) is 0 Å². The highest BCUT2D eigenvalue weighted by molar-refractivity contribution is 5.95. The van der Waals surface area contributed by atoms with Gasteiger partial charge < -0.3 is 9.88 Å². The SMILES string of the molecule is O=C(c1cc(Cc2cccc3[nH]ccc23)ccc1F)N1CC2CN(Cc3ccc(F)cc3F)CC2C1. The summed E-state index contributed by atoms with van der Waals surface area (Å²) in [6.07, 6.45) is 2.51. The molecule has 6 rings (SSSR count). The molecule has 2 unspecified atom stereocenters. The van der Waals surface area contributed by atoms with Crippen LogP contribution < -0.4 is 0 Å². The number of carbonyl (C=O) groups is 1. The Balaban J connectivity index is 1.13. The largest absolute Gasteiger partial charge is 0.361 e. The van der Waals surface area contributed by atoms with E-state index in [1.807, 2.05) is 30.5 Å². The molecular formula is C29H26F3N3O. The fourth-order valence-corrected chi connectivity index (χ4v) is 5.82. The average molecular weight is 490 g/mol. The first kappa shape index (κ1) is 22.9. The van der Waals surface area contributed by atoms with Crippen LogP contribution in [-0.2, 0) is 13.0 Å². The molecule has 4 aromatic rings. The van der Waals surface area contributed by atoms with Crippen molar-refractivity contribution < 1.29 is 18.0 Å². The summed E-state index contributed by atoms with van der Waals surface area (Å²) in [5.41, 5.74) is 3.63. The molecular weight excluding hydrogens is 463 g/mol. The highest BCUT2D eigenvalue weighted by Gasteiger charge is 2.42. The van der Waals surface area contributed by atoms with Crippen molar-refractivity contribution >= 4 is 16.8 Å². The van der Waals surface area contributed by atoms with Crippen molar-refractivity contribution in [2.45, 2.75) is 13.0 Å². The number of benzene rings is 3. The zero-order valence-electron chi connectivity index (χ0n) is 19.7. The van der Waals surface area contributed by atoms with E-state index < -0.39 is 17.5 Å². The monoisotopic (exact) mass is 489 g/mol. The molecule has 2 fully saturated rings. The lowest BCUT2D eigenvalue weighted by atomic mass is 9.99. The van der Waals surface area contributed by atoms with E-state index in [1.165, 1.54) is 18.2 Å². The molecule has 0 saturated carbocycles. The van der Waals surface area contributed by atoms with Crippen molar-refractivity contribution in [2.24, 2.45) is 11.8 Å². The fraction of sp³-hybridized carbons (Fsp3) is 0.276. The third-order valence-electron chi connectivity index (χ3n) is 7.60. The van der Waals surface area contributed by atoms with E-state index in [1.54, 1.807) is 17.0 Å². The minimum Gasteiger partial charge on any atom is -0.361 e. The van der Waals surface area contributed by atoms with Crippen molar-refractivity contribution in [3.05, 3.63) is 107 Å². The van der Waals surface area contributed by atoms with E-state index in [9.17, 15) is 18.0 Å². The lowest BCUT2D eigenvalue weighted by Gasteiger charge is -2.22. The Kier molecular flexibility index (Phi) is 5.80. The molecule has 3 aromatic carbocycles. The number of amides is 1. The van der Waals surface area contributed by atoms with Crippen LogP contribution in [0.2, 0.25) is 0 Å². The van der Waals surface area contributed by atoms with E-state index in [4.69, 9.17) is 0 Å². The number of fused-ring (bicyclic) bond motifs is 2. The van der Waals surface area contributed by atoms with Gasteiger partial charge in [0.25, 0.3) is 5.91 Å². The van der Waals surface area contributed by atoms with Crippen LogP contribution in [0.25, 0.3) is 10.9 Å². The van der Waals surface area contributed by atoms with Crippen LogP contribution >= 0.6 is 0 Å². The Bertz CT molecular complexity index is 1430. The fourth-order valence-electron chi connectivity index (χ4n) is 5.82. The molecule has 4 nitrogen and oxygen atoms in total. The van der Waals surface area contributed by atoms with Crippen molar-refractivity contribution in [1.29, 1.82) is 0 Å². The predicted octanol–water partition coefficient (Wildman–Crippen LogP) is 5.38. The average Bonchev–Trinajstić information content (AvgIpc) is 3.57. The van der Waals surface area contributed by atoms with Crippen LogP contribution in [0.5, 0.6) is 0 Å². The van der Waals surface area contributed by atoms with Crippen LogP contribution in [0.15, 0.2) is 66.9 Å². The first-order valence-electron chi connectivity index (χ1n) is 12.2. The normalized spacial score (nSPS) is 19.8. The molecule has 2 aliphatic rings. The zero-order valence-corrected chi connectivity index (χ0v) is 19.7. The minimum absolute atomic E-state index is 0.110. The number of rotatable bonds is 5. The summed E-state index contributed by atoms with van der Waals surface area (Å²) in [5, 5.41) is 1.12. The number of nitrogens with zero attached hydrogens (tertiary/aromatic N) is 2. The van der Waals surface area contributed by atoms with E-state index in [0.717, 1.165) is 41.2 Å². The molecule has 1 amide bonds. The van der Waals surface area contributed by atoms with Crippen molar-refractivity contribution in [1.82, 2.24) is 14.8 Å². The molecule has 0 spiro atoms. The maximum atomic E-state index is 14.8. The number of H-pyrrole nitrogens is 1. The first-order valence-corrected chi connectivity index (χ1v) is 12.2. The lowest BCUT2D eigenvalue weighted by Crippen LogP contribution is -2.33. The van der Waals surface area contributed by atoms with Crippen LogP contribution in [0.4, 0.5) is 13.2 Å². The number of likely N-dealkylation sites (tertiary alicyclic amines) is 2. The maximum Gasteiger partial charge on any atom is 0.256 e. The van der Waals surface area contributed by atoms with Crippen molar-refractivity contribution in [2.75, 3.05) is 26.2 Å². The second-order valence-electron chi connectivity index (χ2n) is 10.0. The lowest BCUT2D eigenvalue weighted by molar-refractivity contribution is 0.0768. The van der Waals surface area contributed by atoms with E-state index in [0.29, 0.717) is 31.6 Å². The van der Waals surface area contributed by atoms with Gasteiger partial charge in [-0.1, -0.05) is 24.3 Å². The smallest absolute Gasteiger partial charge is 0.256 e. The molecule has 2 saturated heterocycles. The van der Waals surface area contributed by atoms with Crippen LogP contribution in [0.3, 0.4) is 0 Å². The van der Waals surface area contributed by atoms with Crippen LogP contribution in [-0.4, -0.2) is 46.9 Å². The standard InChI is InChI=1S/C29H26F3N3O/c30-23-6-5-20(27(32)12-23)13-34-14-21-16-35(17-22(21)15-34)29(36)25-11-18(4-7-26(25)31)10-19-2-1-3-28-24(19)8-9-33-28/h1-9,11-12,21-22,33H,10,13-17H2. The Morgan fingerprint density at radius 3 is 2.44 bits per heavy atom. The molecule has 184 valence electrons. The third-order valence-corrected chi connectivity index (χ3v) is 7.60. The second kappa shape index (κ2) is 9.13. The molecule has 0 bridgehead atoms. The van der Waals surface area contributed by atoms with Gasteiger partial charge in [0.05, 0.1) is 5.56 Å². The molecule has 36 heavy (non-hydrogen) atoms. The van der Waals surface area contributed by atoms with Crippen LogP contribution in [0.1, 0.15) is 27.0 Å². The van der Waals surface area contributed by atoms with Crippen molar-refractivity contribution in [3.63, 3.8) is 0 Å². The molecule has 1 aromatic heterocycles. The summed E-state index contributed by atoms with van der Waals surface area (Å²) in [4.78, 5) is 20.4. The zero-order chi connectivity index (χ0) is 24.8. The van der Waals surface area contributed by atoms with Gasteiger partial charge >= 0.3 is 0 Å². The van der Waals surface area contributed by atoms with Gasteiger partial charge in [0, 0.05) is 61.5 Å². The summed E-state index contributed by atoms with van der Waals surface area (Å²) in [5.74, 6) is -1.38. The van der Waals surface area contributed by atoms with Gasteiger partial charge in [-0.05, 0) is 59.7 Å². The van der Waals surface area contributed by atoms with Gasteiger partial charge in [-0.3, -0.25) is 9.69 Å². The summed E-state index contributed by atoms with van der Waals surface area (Å²) in [6, 6.07) is 16.6. The van der Waals surface area contributed by atoms with Gasteiger partial charge in [0.2, 0.25) is 0 Å². The highest BCUT2D eigenvalue weighted by Crippen LogP contribution is 2.33. The van der Waals surface area contributed by atoms with Crippen LogP contribution in [0, 0.1) is 29.3 Å². The molecule has 1 N–H and O–H groups in total. The quantitative estimate of drug-likeness (QED) is 0.409. The number of carbonyl (C=O) groups excluding carboxylic acids is 1. The Morgan fingerprint density at radius 1 is 0.861 bits per heavy atom. The Morgan fingerprint density at radius 2 is 1.67 bits per heavy atom. The number of aromatic nitrogens is 1. The molecule has 0 aliphatic carbocycles. The third kappa shape index (κ3) is 4.28. The topological polar surface area (TPSA) is 39.3 Å². The minimum atomic E-state index is -0.582. The number of halogens is 3. The summed E-state index contributed by atoms with van der Waals surface area (Å²) < 4.78 is 42.0. The maximum absolute atomic E-state index is 14.8. The summed E-state index contributed by atoms with van der Waals surface area (Å²) in [6.45, 7) is 2.98. The molecule has 0 radical (unpaired) electrons. The summed E-state index contributed by atoms with van der Waals surface area (Å²) >= 11 is 0. The molecule has 3 heterocycles. The van der Waals surface area contributed by atoms with E-state index >= 15 is 0 Å². The predicted molar refractivity (Wildman–Crippen MR) is 132 cm³/mol. The summed E-state index contributed by atoms with van der Waals surface area (Å²) in [7, 11) is 0. The van der Waals surface area contributed by atoms with Gasteiger partial charge in [0.1, 0.15) is 17.5 Å². The van der Waals surface area contributed by atoms with E-state index in [-0.39, 0.29) is 23.3 Å². The van der Waals surface area contributed by atoms with Gasteiger partial charge in [0.15, 0.2) is 0 Å². The highest BCUT2D eigenvalue weighted by atomic mass is 19.1. The van der Waals surface area contributed by atoms with E-state index in [2.05, 4.69) is 9.88 Å². The molecule has 7 heteroatoms. The number of hydrogen-bond donors (Lipinski definition) is 1. The molecule has 2 atom stereocenters. The number of aromatic amines is 1. The van der Waals surface area contributed by atoms with Gasteiger partial charge in [-0.15, -0.1) is 0 Å². The first-order chi connectivity index (χ1) is 17.4. The number of nitrogens with one attached hydrogen (secondary N) is 1. The second-order valence-corrected chi connectivity index (χ2v) is 10.0. The Labute approximate surface area is 207 Å².